The third-order valence-electron chi connectivity index (χ3n) is 3.16. The molecule has 1 aromatic heterocycles. The molecule has 1 heterocycles. The summed E-state index contributed by atoms with van der Waals surface area (Å²) in [5, 5.41) is 1.34. The van der Waals surface area contributed by atoms with Crippen LogP contribution in [0.3, 0.4) is 0 Å². The summed E-state index contributed by atoms with van der Waals surface area (Å²) in [4.78, 5) is 3.33. The molecule has 0 aliphatic carbocycles. The highest BCUT2D eigenvalue weighted by Crippen LogP contribution is 2.28. The molecular weight excluding hydrogens is 246 g/mol. The maximum Gasteiger partial charge on any atom is 0.0476 e. The Morgan fingerprint density at radius 1 is 1.41 bits per heavy atom. The van der Waals surface area contributed by atoms with E-state index in [1.165, 1.54) is 16.5 Å². The van der Waals surface area contributed by atoms with Crippen molar-refractivity contribution in [1.29, 1.82) is 0 Å². The van der Waals surface area contributed by atoms with Crippen LogP contribution in [0.2, 0.25) is 0 Å². The fraction of sp³-hybridized carbons (Fsp3) is 0.357. The number of nitrogens with one attached hydrogen (secondary N) is 1. The maximum atomic E-state index is 5.25. The molecule has 1 aromatic carbocycles. The molecule has 3 heteroatoms. The van der Waals surface area contributed by atoms with Crippen molar-refractivity contribution in [3.05, 3.63) is 36.0 Å². The quantitative estimate of drug-likeness (QED) is 0.802. The Labute approximate surface area is 112 Å². The van der Waals surface area contributed by atoms with E-state index in [2.05, 4.69) is 48.6 Å². The monoisotopic (exact) mass is 263 g/mol. The first-order chi connectivity index (χ1) is 8.22. The van der Waals surface area contributed by atoms with Crippen LogP contribution < -0.4 is 0 Å². The average Bonchev–Trinajstić information content (AvgIpc) is 2.79. The number of aromatic nitrogens is 1. The standard InChI is InChI=1S/C14H17NS2/c1-10(7-8-14(16)17-2)12-9-15-13-6-4-3-5-11(12)13/h3-6,9-10,15H,7-8H2,1-2H3. The topological polar surface area (TPSA) is 15.8 Å². The predicted octanol–water partition coefficient (Wildman–Crippen LogP) is 4.74. The second-order valence-electron chi connectivity index (χ2n) is 4.31. The van der Waals surface area contributed by atoms with Gasteiger partial charge in [-0.2, -0.15) is 0 Å². The lowest BCUT2D eigenvalue weighted by atomic mass is 9.96. The summed E-state index contributed by atoms with van der Waals surface area (Å²) in [6.45, 7) is 2.28. The van der Waals surface area contributed by atoms with E-state index < -0.39 is 0 Å². The minimum atomic E-state index is 0.552. The molecule has 1 N–H and O–H groups in total. The Bertz CT molecular complexity index is 516. The number of aromatic amines is 1. The molecule has 17 heavy (non-hydrogen) atoms. The first-order valence-corrected chi connectivity index (χ1v) is 7.48. The molecule has 0 aliphatic rings. The van der Waals surface area contributed by atoms with Gasteiger partial charge in [-0.1, -0.05) is 37.3 Å². The zero-order chi connectivity index (χ0) is 12.3. The molecule has 0 saturated heterocycles. The minimum Gasteiger partial charge on any atom is -0.361 e. The zero-order valence-corrected chi connectivity index (χ0v) is 11.8. The fourth-order valence-electron chi connectivity index (χ4n) is 2.09. The lowest BCUT2D eigenvalue weighted by Crippen LogP contribution is -1.96. The summed E-state index contributed by atoms with van der Waals surface area (Å²) in [7, 11) is 0. The van der Waals surface area contributed by atoms with Crippen molar-refractivity contribution < 1.29 is 0 Å². The van der Waals surface area contributed by atoms with Gasteiger partial charge in [-0.05, 0) is 36.6 Å². The van der Waals surface area contributed by atoms with Gasteiger partial charge >= 0.3 is 0 Å². The number of fused-ring (bicyclic) bond motifs is 1. The van der Waals surface area contributed by atoms with Gasteiger partial charge in [0.1, 0.15) is 0 Å². The Hall–Kier alpha value is -0.800. The normalized spacial score (nSPS) is 12.8. The van der Waals surface area contributed by atoms with Gasteiger partial charge in [-0.25, -0.2) is 0 Å². The Morgan fingerprint density at radius 3 is 2.94 bits per heavy atom. The number of thiocarbonyl (C=S) groups is 1. The summed E-state index contributed by atoms with van der Waals surface area (Å²) in [6.07, 6.45) is 6.34. The summed E-state index contributed by atoms with van der Waals surface area (Å²) in [5.74, 6) is 0.552. The van der Waals surface area contributed by atoms with Crippen LogP contribution in [-0.4, -0.2) is 15.4 Å². The summed E-state index contributed by atoms with van der Waals surface area (Å²) in [6, 6.07) is 8.47. The second-order valence-corrected chi connectivity index (χ2v) is 5.96. The van der Waals surface area contributed by atoms with E-state index in [1.807, 2.05) is 0 Å². The Kier molecular flexibility index (Phi) is 4.24. The highest BCUT2D eigenvalue weighted by Gasteiger charge is 2.11. The first kappa shape index (κ1) is 12.7. The van der Waals surface area contributed by atoms with Crippen molar-refractivity contribution in [3.8, 4) is 0 Å². The molecule has 0 spiro atoms. The molecule has 1 unspecified atom stereocenters. The van der Waals surface area contributed by atoms with Gasteiger partial charge in [0.15, 0.2) is 0 Å². The third kappa shape index (κ3) is 2.90. The van der Waals surface area contributed by atoms with Gasteiger partial charge in [0.2, 0.25) is 0 Å². The van der Waals surface area contributed by atoms with Crippen molar-refractivity contribution in [2.75, 3.05) is 6.26 Å². The van der Waals surface area contributed by atoms with Gasteiger partial charge in [0, 0.05) is 21.3 Å². The van der Waals surface area contributed by atoms with Crippen LogP contribution in [0.15, 0.2) is 30.5 Å². The van der Waals surface area contributed by atoms with E-state index in [-0.39, 0.29) is 0 Å². The van der Waals surface area contributed by atoms with E-state index in [0.29, 0.717) is 5.92 Å². The molecule has 90 valence electrons. The summed E-state index contributed by atoms with van der Waals surface area (Å²) >= 11 is 6.95. The fourth-order valence-corrected chi connectivity index (χ4v) is 2.53. The number of para-hydroxylation sites is 1. The van der Waals surface area contributed by atoms with Gasteiger partial charge in [-0.15, -0.1) is 11.8 Å². The van der Waals surface area contributed by atoms with Gasteiger partial charge < -0.3 is 4.98 Å². The predicted molar refractivity (Wildman–Crippen MR) is 82.1 cm³/mol. The Morgan fingerprint density at radius 2 is 2.18 bits per heavy atom. The number of hydrogen-bond donors (Lipinski definition) is 1. The smallest absolute Gasteiger partial charge is 0.0476 e. The molecule has 0 aliphatic heterocycles. The maximum absolute atomic E-state index is 5.25. The lowest BCUT2D eigenvalue weighted by Gasteiger charge is -2.10. The van der Waals surface area contributed by atoms with E-state index in [0.717, 1.165) is 17.0 Å². The minimum absolute atomic E-state index is 0.552. The van der Waals surface area contributed by atoms with E-state index in [1.54, 1.807) is 11.8 Å². The van der Waals surface area contributed by atoms with Crippen LogP contribution in [0.4, 0.5) is 0 Å². The second kappa shape index (κ2) is 5.69. The largest absolute Gasteiger partial charge is 0.361 e. The van der Waals surface area contributed by atoms with E-state index in [4.69, 9.17) is 12.2 Å². The van der Waals surface area contributed by atoms with Crippen LogP contribution in [0.1, 0.15) is 31.2 Å². The highest BCUT2D eigenvalue weighted by atomic mass is 32.2. The molecule has 1 atom stereocenters. The lowest BCUT2D eigenvalue weighted by molar-refractivity contribution is 0.713. The zero-order valence-electron chi connectivity index (χ0n) is 10.2. The average molecular weight is 263 g/mol. The van der Waals surface area contributed by atoms with Crippen molar-refractivity contribution >= 4 is 39.1 Å². The summed E-state index contributed by atoms with van der Waals surface area (Å²) < 4.78 is 1.11. The van der Waals surface area contributed by atoms with Crippen LogP contribution in [-0.2, 0) is 0 Å². The van der Waals surface area contributed by atoms with Crippen LogP contribution in [0, 0.1) is 0 Å². The Balaban J connectivity index is 2.13. The highest BCUT2D eigenvalue weighted by molar-refractivity contribution is 8.22. The van der Waals surface area contributed by atoms with Crippen molar-refractivity contribution in [2.45, 2.75) is 25.7 Å². The van der Waals surface area contributed by atoms with Crippen LogP contribution >= 0.6 is 24.0 Å². The molecule has 2 aromatic rings. The molecule has 0 radical (unpaired) electrons. The van der Waals surface area contributed by atoms with Crippen LogP contribution in [0.5, 0.6) is 0 Å². The van der Waals surface area contributed by atoms with Crippen LogP contribution in [0.25, 0.3) is 10.9 Å². The summed E-state index contributed by atoms with van der Waals surface area (Å²) in [5.41, 5.74) is 2.63. The molecule has 0 fully saturated rings. The SMILES string of the molecule is CSC(=S)CCC(C)c1c[nH]c2ccccc12. The number of rotatable bonds is 4. The van der Waals surface area contributed by atoms with Gasteiger partial charge in [0.05, 0.1) is 0 Å². The number of benzene rings is 1. The van der Waals surface area contributed by atoms with Crippen molar-refractivity contribution in [2.24, 2.45) is 0 Å². The molecular formula is C14H17NS2. The molecule has 1 nitrogen and oxygen atoms in total. The van der Waals surface area contributed by atoms with E-state index >= 15 is 0 Å². The van der Waals surface area contributed by atoms with Gasteiger partial charge in [0.25, 0.3) is 0 Å². The molecule has 0 bridgehead atoms. The van der Waals surface area contributed by atoms with Crippen molar-refractivity contribution in [3.63, 3.8) is 0 Å². The number of thioether (sulfide) groups is 1. The molecule has 2 rings (SSSR count). The first-order valence-electron chi connectivity index (χ1n) is 5.85. The third-order valence-corrected chi connectivity index (χ3v) is 4.52. The van der Waals surface area contributed by atoms with Gasteiger partial charge in [-0.3, -0.25) is 0 Å². The van der Waals surface area contributed by atoms with Crippen molar-refractivity contribution in [1.82, 2.24) is 4.98 Å². The molecule has 0 amide bonds. The van der Waals surface area contributed by atoms with E-state index in [9.17, 15) is 0 Å². The molecule has 0 saturated carbocycles. The number of hydrogen-bond acceptors (Lipinski definition) is 2. The number of H-pyrrole nitrogens is 1.